The van der Waals surface area contributed by atoms with Crippen LogP contribution in [0.4, 0.5) is 0 Å². The quantitative estimate of drug-likeness (QED) is 0.866. The van der Waals surface area contributed by atoms with Crippen LogP contribution in [-0.4, -0.2) is 16.1 Å². The van der Waals surface area contributed by atoms with E-state index in [0.29, 0.717) is 15.7 Å². The topological polar surface area (TPSA) is 71.8 Å². The molecule has 16 heavy (non-hydrogen) atoms. The van der Waals surface area contributed by atoms with E-state index in [4.69, 9.17) is 28.9 Å². The zero-order valence-corrected chi connectivity index (χ0v) is 9.51. The van der Waals surface area contributed by atoms with Gasteiger partial charge in [0.2, 0.25) is 0 Å². The van der Waals surface area contributed by atoms with E-state index >= 15 is 0 Å². The second-order valence-corrected chi connectivity index (χ2v) is 4.06. The summed E-state index contributed by atoms with van der Waals surface area (Å²) in [5, 5.41) is 7.49. The number of halogens is 2. The number of aromatic amines is 1. The van der Waals surface area contributed by atoms with Crippen molar-refractivity contribution < 1.29 is 4.79 Å². The number of rotatable bonds is 2. The molecular formula is C10H7Cl2N3O. The minimum Gasteiger partial charge on any atom is -0.364 e. The van der Waals surface area contributed by atoms with Gasteiger partial charge in [-0.1, -0.05) is 23.2 Å². The average Bonchev–Trinajstić information content (AvgIpc) is 2.64. The number of amides is 1. The number of nitrogens with zero attached hydrogens (tertiary/aromatic N) is 1. The lowest BCUT2D eigenvalue weighted by atomic mass is 10.1. The van der Waals surface area contributed by atoms with E-state index in [-0.39, 0.29) is 5.69 Å². The van der Waals surface area contributed by atoms with Crippen molar-refractivity contribution in [3.63, 3.8) is 0 Å². The number of nitrogens with one attached hydrogen (secondary N) is 1. The monoisotopic (exact) mass is 255 g/mol. The summed E-state index contributed by atoms with van der Waals surface area (Å²) in [6.45, 7) is 0. The Kier molecular flexibility index (Phi) is 2.85. The smallest absolute Gasteiger partial charge is 0.266 e. The summed E-state index contributed by atoms with van der Waals surface area (Å²) >= 11 is 11.7. The summed E-state index contributed by atoms with van der Waals surface area (Å²) in [7, 11) is 0. The maximum atomic E-state index is 10.9. The zero-order chi connectivity index (χ0) is 11.7. The molecule has 0 radical (unpaired) electrons. The average molecular weight is 256 g/mol. The van der Waals surface area contributed by atoms with Crippen molar-refractivity contribution in [3.8, 4) is 11.3 Å². The van der Waals surface area contributed by atoms with Crippen molar-refractivity contribution in [2.75, 3.05) is 0 Å². The van der Waals surface area contributed by atoms with Gasteiger partial charge in [-0.2, -0.15) is 5.10 Å². The van der Waals surface area contributed by atoms with Crippen LogP contribution < -0.4 is 5.73 Å². The fourth-order valence-electron chi connectivity index (χ4n) is 1.30. The van der Waals surface area contributed by atoms with Gasteiger partial charge in [0, 0.05) is 15.6 Å². The van der Waals surface area contributed by atoms with Crippen LogP contribution in [0, 0.1) is 0 Å². The summed E-state index contributed by atoms with van der Waals surface area (Å²) < 4.78 is 0. The summed E-state index contributed by atoms with van der Waals surface area (Å²) in [6, 6.07) is 6.57. The maximum Gasteiger partial charge on any atom is 0.266 e. The van der Waals surface area contributed by atoms with E-state index in [2.05, 4.69) is 10.2 Å². The van der Waals surface area contributed by atoms with Crippen molar-refractivity contribution in [1.29, 1.82) is 0 Å². The van der Waals surface area contributed by atoms with Gasteiger partial charge in [-0.3, -0.25) is 9.89 Å². The molecule has 1 aromatic heterocycles. The van der Waals surface area contributed by atoms with Crippen molar-refractivity contribution in [2.45, 2.75) is 0 Å². The van der Waals surface area contributed by atoms with Gasteiger partial charge in [-0.15, -0.1) is 0 Å². The molecule has 0 atom stereocenters. The predicted octanol–water partition coefficient (Wildman–Crippen LogP) is 2.48. The van der Waals surface area contributed by atoms with Crippen LogP contribution in [0.15, 0.2) is 24.3 Å². The molecule has 0 aliphatic rings. The van der Waals surface area contributed by atoms with Gasteiger partial charge in [-0.05, 0) is 24.3 Å². The van der Waals surface area contributed by atoms with E-state index in [9.17, 15) is 4.79 Å². The summed E-state index contributed by atoms with van der Waals surface area (Å²) in [5.41, 5.74) is 6.64. The second-order valence-electron chi connectivity index (χ2n) is 3.19. The number of hydrogen-bond acceptors (Lipinski definition) is 2. The number of carbonyl (C=O) groups is 1. The Morgan fingerprint density at radius 3 is 2.31 bits per heavy atom. The van der Waals surface area contributed by atoms with Gasteiger partial charge in [0.25, 0.3) is 5.91 Å². The number of carbonyl (C=O) groups excluding carboxylic acids is 1. The molecule has 0 fully saturated rings. The van der Waals surface area contributed by atoms with Crippen molar-refractivity contribution in [3.05, 3.63) is 40.0 Å². The molecular weight excluding hydrogens is 249 g/mol. The molecule has 0 bridgehead atoms. The Labute approximate surface area is 101 Å². The highest BCUT2D eigenvalue weighted by Crippen LogP contribution is 2.26. The Hall–Kier alpha value is -1.52. The largest absolute Gasteiger partial charge is 0.364 e. The first-order chi connectivity index (χ1) is 7.56. The highest BCUT2D eigenvalue weighted by molar-refractivity contribution is 6.35. The summed E-state index contributed by atoms with van der Waals surface area (Å²) in [4.78, 5) is 10.9. The predicted molar refractivity (Wildman–Crippen MR) is 62.6 cm³/mol. The normalized spacial score (nSPS) is 10.4. The van der Waals surface area contributed by atoms with E-state index in [1.807, 2.05) is 0 Å². The number of benzene rings is 1. The molecule has 3 N–H and O–H groups in total. The lowest BCUT2D eigenvalue weighted by Crippen LogP contribution is -2.10. The van der Waals surface area contributed by atoms with Crippen molar-refractivity contribution in [2.24, 2.45) is 5.73 Å². The summed E-state index contributed by atoms with van der Waals surface area (Å²) in [5.74, 6) is -0.563. The molecule has 0 saturated carbocycles. The second kappa shape index (κ2) is 4.15. The van der Waals surface area contributed by atoms with E-state index in [0.717, 1.165) is 5.56 Å². The third kappa shape index (κ3) is 2.18. The van der Waals surface area contributed by atoms with Gasteiger partial charge < -0.3 is 5.73 Å². The van der Waals surface area contributed by atoms with Gasteiger partial charge in [0.15, 0.2) is 0 Å². The van der Waals surface area contributed by atoms with Crippen molar-refractivity contribution in [1.82, 2.24) is 10.2 Å². The molecule has 1 amide bonds. The van der Waals surface area contributed by atoms with Crippen LogP contribution in [-0.2, 0) is 0 Å². The molecule has 2 rings (SSSR count). The van der Waals surface area contributed by atoms with Gasteiger partial charge in [0.1, 0.15) is 5.69 Å². The molecule has 0 aliphatic carbocycles. The third-order valence-corrected chi connectivity index (χ3v) is 2.44. The molecule has 6 heteroatoms. The minimum absolute atomic E-state index is 0.242. The summed E-state index contributed by atoms with van der Waals surface area (Å²) in [6.07, 6.45) is 0. The Bertz CT molecular complexity index is 530. The van der Waals surface area contributed by atoms with Gasteiger partial charge >= 0.3 is 0 Å². The molecule has 1 aromatic carbocycles. The molecule has 0 aliphatic heterocycles. The Morgan fingerprint density at radius 1 is 1.19 bits per heavy atom. The fraction of sp³-hybridized carbons (Fsp3) is 0. The first-order valence-electron chi connectivity index (χ1n) is 4.38. The minimum atomic E-state index is -0.563. The molecule has 1 heterocycles. The van der Waals surface area contributed by atoms with E-state index < -0.39 is 5.91 Å². The number of primary amides is 1. The lowest BCUT2D eigenvalue weighted by Gasteiger charge is -1.98. The molecule has 4 nitrogen and oxygen atoms in total. The van der Waals surface area contributed by atoms with Crippen LogP contribution in [0.3, 0.4) is 0 Å². The number of H-pyrrole nitrogens is 1. The molecule has 0 unspecified atom stereocenters. The maximum absolute atomic E-state index is 10.9. The first-order valence-corrected chi connectivity index (χ1v) is 5.13. The number of hydrogen-bond donors (Lipinski definition) is 2. The van der Waals surface area contributed by atoms with Gasteiger partial charge in [-0.25, -0.2) is 0 Å². The van der Waals surface area contributed by atoms with E-state index in [1.54, 1.807) is 24.3 Å². The molecule has 0 spiro atoms. The Morgan fingerprint density at radius 2 is 1.81 bits per heavy atom. The van der Waals surface area contributed by atoms with Crippen LogP contribution in [0.1, 0.15) is 10.5 Å². The van der Waals surface area contributed by atoms with Crippen LogP contribution in [0.5, 0.6) is 0 Å². The van der Waals surface area contributed by atoms with E-state index in [1.165, 1.54) is 0 Å². The first kappa shape index (κ1) is 11.0. The number of nitrogens with two attached hydrogens (primary N) is 1. The Balaban J connectivity index is 2.46. The van der Waals surface area contributed by atoms with Crippen LogP contribution >= 0.6 is 23.2 Å². The van der Waals surface area contributed by atoms with Crippen LogP contribution in [0.25, 0.3) is 11.3 Å². The SMILES string of the molecule is NC(=O)c1cc(-c2cc(Cl)cc(Cl)c2)n[nH]1. The molecule has 2 aromatic rings. The highest BCUT2D eigenvalue weighted by atomic mass is 35.5. The zero-order valence-electron chi connectivity index (χ0n) is 8.00. The molecule has 82 valence electrons. The molecule has 0 saturated heterocycles. The third-order valence-electron chi connectivity index (χ3n) is 2.00. The van der Waals surface area contributed by atoms with Crippen molar-refractivity contribution >= 4 is 29.1 Å². The van der Waals surface area contributed by atoms with Crippen LogP contribution in [0.2, 0.25) is 10.0 Å². The standard InChI is InChI=1S/C10H7Cl2N3O/c11-6-1-5(2-7(12)3-6)8-4-9(10(13)16)15-14-8/h1-4H,(H2,13,16)(H,14,15). The fourth-order valence-corrected chi connectivity index (χ4v) is 1.82. The highest BCUT2D eigenvalue weighted by Gasteiger charge is 2.08. The number of aromatic nitrogens is 2. The lowest BCUT2D eigenvalue weighted by molar-refractivity contribution is 0.0995. The van der Waals surface area contributed by atoms with Gasteiger partial charge in [0.05, 0.1) is 5.69 Å².